The molecule has 2 atom stereocenters. The fraction of sp³-hybridized carbons (Fsp3) is 0.684. The molecule has 1 aromatic carbocycles. The molecule has 1 aliphatic rings. The van der Waals surface area contributed by atoms with Gasteiger partial charge in [0.15, 0.2) is 0 Å². The standard InChI is InChI=1S/C19H31N/c1-13-10-15(3)18(11-14(13)2)16(4)20-17-8-7-9-19(5,6)12-17/h10-11,16-17,20H,7-9,12H2,1-6H3. The summed E-state index contributed by atoms with van der Waals surface area (Å²) in [5.74, 6) is 0. The van der Waals surface area contributed by atoms with Gasteiger partial charge in [0.25, 0.3) is 0 Å². The SMILES string of the molecule is Cc1cc(C)c(C(C)NC2CCCC(C)(C)C2)cc1C. The van der Waals surface area contributed by atoms with Crippen LogP contribution < -0.4 is 5.32 Å². The summed E-state index contributed by atoms with van der Waals surface area (Å²) in [6, 6.07) is 5.83. The lowest BCUT2D eigenvalue weighted by Crippen LogP contribution is -2.38. The number of hydrogen-bond donors (Lipinski definition) is 1. The van der Waals surface area contributed by atoms with E-state index in [9.17, 15) is 0 Å². The fourth-order valence-electron chi connectivity index (χ4n) is 3.73. The quantitative estimate of drug-likeness (QED) is 0.795. The Balaban J connectivity index is 2.08. The normalized spacial score (nSPS) is 23.6. The summed E-state index contributed by atoms with van der Waals surface area (Å²) >= 11 is 0. The molecule has 112 valence electrons. The van der Waals surface area contributed by atoms with Gasteiger partial charge < -0.3 is 5.32 Å². The lowest BCUT2D eigenvalue weighted by Gasteiger charge is -2.37. The van der Waals surface area contributed by atoms with Crippen LogP contribution in [-0.2, 0) is 0 Å². The second kappa shape index (κ2) is 5.89. The molecule has 0 radical (unpaired) electrons. The molecule has 0 aliphatic heterocycles. The van der Waals surface area contributed by atoms with E-state index in [2.05, 4.69) is 59.0 Å². The Hall–Kier alpha value is -0.820. The average molecular weight is 273 g/mol. The molecule has 20 heavy (non-hydrogen) atoms. The first kappa shape index (κ1) is 15.6. The third-order valence-electron chi connectivity index (χ3n) is 5.04. The summed E-state index contributed by atoms with van der Waals surface area (Å²) in [4.78, 5) is 0. The van der Waals surface area contributed by atoms with E-state index in [1.807, 2.05) is 0 Å². The lowest BCUT2D eigenvalue weighted by atomic mass is 9.75. The number of aryl methyl sites for hydroxylation is 3. The van der Waals surface area contributed by atoms with Gasteiger partial charge in [0.1, 0.15) is 0 Å². The second-order valence-corrected chi connectivity index (χ2v) is 7.64. The number of benzene rings is 1. The summed E-state index contributed by atoms with van der Waals surface area (Å²) < 4.78 is 0. The van der Waals surface area contributed by atoms with Crippen LogP contribution in [0, 0.1) is 26.2 Å². The Labute approximate surface area is 125 Å². The van der Waals surface area contributed by atoms with Crippen LogP contribution in [0.25, 0.3) is 0 Å². The first-order chi connectivity index (χ1) is 9.28. The van der Waals surface area contributed by atoms with Crippen LogP contribution >= 0.6 is 0 Å². The van der Waals surface area contributed by atoms with E-state index in [-0.39, 0.29) is 0 Å². The van der Waals surface area contributed by atoms with Crippen molar-refractivity contribution in [3.05, 3.63) is 34.4 Å². The molecule has 1 fully saturated rings. The van der Waals surface area contributed by atoms with E-state index in [1.165, 1.54) is 47.9 Å². The molecular formula is C19H31N. The maximum Gasteiger partial charge on any atom is 0.0297 e. The smallest absolute Gasteiger partial charge is 0.0297 e. The Bertz CT molecular complexity index is 473. The predicted molar refractivity (Wildman–Crippen MR) is 88.2 cm³/mol. The summed E-state index contributed by atoms with van der Waals surface area (Å²) in [6.45, 7) is 13.8. The van der Waals surface area contributed by atoms with Gasteiger partial charge in [-0.25, -0.2) is 0 Å². The third-order valence-corrected chi connectivity index (χ3v) is 5.04. The molecule has 1 aliphatic carbocycles. The van der Waals surface area contributed by atoms with Gasteiger partial charge in [0.2, 0.25) is 0 Å². The van der Waals surface area contributed by atoms with E-state index < -0.39 is 0 Å². The fourth-order valence-corrected chi connectivity index (χ4v) is 3.73. The molecule has 1 nitrogen and oxygen atoms in total. The maximum absolute atomic E-state index is 3.88. The highest BCUT2D eigenvalue weighted by atomic mass is 14.9. The molecule has 0 bridgehead atoms. The van der Waals surface area contributed by atoms with Gasteiger partial charge in [0.05, 0.1) is 0 Å². The largest absolute Gasteiger partial charge is 0.307 e. The monoisotopic (exact) mass is 273 g/mol. The van der Waals surface area contributed by atoms with Crippen molar-refractivity contribution in [2.45, 2.75) is 79.3 Å². The van der Waals surface area contributed by atoms with Crippen LogP contribution in [0.3, 0.4) is 0 Å². The number of hydrogen-bond acceptors (Lipinski definition) is 1. The van der Waals surface area contributed by atoms with E-state index in [1.54, 1.807) is 0 Å². The van der Waals surface area contributed by atoms with Crippen molar-refractivity contribution in [3.8, 4) is 0 Å². The van der Waals surface area contributed by atoms with Crippen molar-refractivity contribution in [1.29, 1.82) is 0 Å². The molecule has 1 aromatic rings. The maximum atomic E-state index is 3.88. The van der Waals surface area contributed by atoms with E-state index >= 15 is 0 Å². The molecule has 1 saturated carbocycles. The molecule has 0 aromatic heterocycles. The molecule has 2 rings (SSSR count). The van der Waals surface area contributed by atoms with Crippen LogP contribution in [-0.4, -0.2) is 6.04 Å². The average Bonchev–Trinajstić information content (AvgIpc) is 2.32. The van der Waals surface area contributed by atoms with Crippen molar-refractivity contribution in [1.82, 2.24) is 5.32 Å². The first-order valence-electron chi connectivity index (χ1n) is 8.12. The zero-order valence-corrected chi connectivity index (χ0v) is 14.1. The molecular weight excluding hydrogens is 242 g/mol. The van der Waals surface area contributed by atoms with E-state index in [0.29, 0.717) is 17.5 Å². The van der Waals surface area contributed by atoms with Gasteiger partial charge in [0, 0.05) is 12.1 Å². The highest BCUT2D eigenvalue weighted by molar-refractivity contribution is 5.38. The predicted octanol–water partition coefficient (Wildman–Crippen LogP) is 5.23. The first-order valence-corrected chi connectivity index (χ1v) is 8.12. The van der Waals surface area contributed by atoms with Crippen LogP contribution in [0.2, 0.25) is 0 Å². The highest BCUT2D eigenvalue weighted by Crippen LogP contribution is 2.36. The topological polar surface area (TPSA) is 12.0 Å². The van der Waals surface area contributed by atoms with E-state index in [0.717, 1.165) is 0 Å². The third kappa shape index (κ3) is 3.63. The lowest BCUT2D eigenvalue weighted by molar-refractivity contribution is 0.191. The van der Waals surface area contributed by atoms with Crippen LogP contribution in [0.4, 0.5) is 0 Å². The summed E-state index contributed by atoms with van der Waals surface area (Å²) in [5, 5.41) is 3.88. The van der Waals surface area contributed by atoms with E-state index in [4.69, 9.17) is 0 Å². The molecule has 2 unspecified atom stereocenters. The molecule has 0 heterocycles. The van der Waals surface area contributed by atoms with Gasteiger partial charge in [-0.05, 0) is 74.6 Å². The van der Waals surface area contributed by atoms with Gasteiger partial charge >= 0.3 is 0 Å². The van der Waals surface area contributed by atoms with Crippen molar-refractivity contribution in [2.75, 3.05) is 0 Å². The van der Waals surface area contributed by atoms with Crippen molar-refractivity contribution in [3.63, 3.8) is 0 Å². The summed E-state index contributed by atoms with van der Waals surface area (Å²) in [5.41, 5.74) is 6.20. The van der Waals surface area contributed by atoms with Gasteiger partial charge in [-0.2, -0.15) is 0 Å². The van der Waals surface area contributed by atoms with Gasteiger partial charge in [-0.1, -0.05) is 32.4 Å². The van der Waals surface area contributed by atoms with Crippen LogP contribution in [0.5, 0.6) is 0 Å². The molecule has 1 heteroatoms. The minimum atomic E-state index is 0.452. The molecule has 0 saturated heterocycles. The summed E-state index contributed by atoms with van der Waals surface area (Å²) in [7, 11) is 0. The Morgan fingerprint density at radius 3 is 2.40 bits per heavy atom. The zero-order chi connectivity index (χ0) is 14.9. The molecule has 0 spiro atoms. The van der Waals surface area contributed by atoms with Crippen LogP contribution in [0.15, 0.2) is 12.1 Å². The number of nitrogens with one attached hydrogen (secondary N) is 1. The van der Waals surface area contributed by atoms with Crippen molar-refractivity contribution in [2.24, 2.45) is 5.41 Å². The van der Waals surface area contributed by atoms with Crippen molar-refractivity contribution >= 4 is 0 Å². The van der Waals surface area contributed by atoms with Gasteiger partial charge in [-0.3, -0.25) is 0 Å². The van der Waals surface area contributed by atoms with Crippen molar-refractivity contribution < 1.29 is 0 Å². The summed E-state index contributed by atoms with van der Waals surface area (Å²) in [6.07, 6.45) is 5.38. The second-order valence-electron chi connectivity index (χ2n) is 7.64. The molecule has 0 amide bonds. The Morgan fingerprint density at radius 1 is 1.10 bits per heavy atom. The number of rotatable bonds is 3. The highest BCUT2D eigenvalue weighted by Gasteiger charge is 2.28. The minimum Gasteiger partial charge on any atom is -0.307 e. The Morgan fingerprint density at radius 2 is 1.75 bits per heavy atom. The zero-order valence-electron chi connectivity index (χ0n) is 14.1. The van der Waals surface area contributed by atoms with Gasteiger partial charge in [-0.15, -0.1) is 0 Å². The molecule has 1 N–H and O–H groups in total. The Kier molecular flexibility index (Phi) is 4.59. The van der Waals surface area contributed by atoms with Crippen LogP contribution in [0.1, 0.15) is 74.8 Å². The minimum absolute atomic E-state index is 0.452.